The van der Waals surface area contributed by atoms with Crippen LogP contribution in [-0.2, 0) is 0 Å². The maximum Gasteiger partial charge on any atom is 0.262 e. The molecule has 0 spiro atoms. The van der Waals surface area contributed by atoms with Gasteiger partial charge in [0.15, 0.2) is 0 Å². The number of fused-ring (bicyclic) bond motifs is 1. The molecule has 1 aliphatic rings. The topological polar surface area (TPSA) is 75.0 Å². The molecule has 0 amide bonds. The normalized spacial score (nSPS) is 13.2. The molecule has 5 nitrogen and oxygen atoms in total. The third-order valence-corrected chi connectivity index (χ3v) is 1.78. The summed E-state index contributed by atoms with van der Waals surface area (Å²) in [4.78, 5) is 19.5. The lowest BCUT2D eigenvalue weighted by molar-refractivity contribution is 1.05. The van der Waals surface area contributed by atoms with Gasteiger partial charge >= 0.3 is 0 Å². The molecular weight excluding hydrogens is 168 g/mol. The molecule has 13 heavy (non-hydrogen) atoms. The molecule has 1 aliphatic heterocycles. The molecule has 66 valence electrons. The number of hydrogen-bond donors (Lipinski definition) is 2. The van der Waals surface area contributed by atoms with E-state index >= 15 is 0 Å². The molecule has 0 radical (unpaired) electrons. The van der Waals surface area contributed by atoms with Crippen LogP contribution in [0.3, 0.4) is 0 Å². The molecule has 0 unspecified atom stereocenters. The Bertz CT molecular complexity index is 468. The van der Waals surface area contributed by atoms with Gasteiger partial charge in [-0.25, -0.2) is 0 Å². The molecule has 1 aromatic rings. The molecule has 0 atom stereocenters. The van der Waals surface area contributed by atoms with E-state index in [0.717, 1.165) is 0 Å². The van der Waals surface area contributed by atoms with Gasteiger partial charge in [0.05, 0.1) is 5.56 Å². The smallest absolute Gasteiger partial charge is 0.262 e. The maximum absolute atomic E-state index is 11.3. The zero-order chi connectivity index (χ0) is 9.42. The average molecular weight is 176 g/mol. The van der Waals surface area contributed by atoms with Gasteiger partial charge in [-0.15, -0.1) is 5.73 Å². The van der Waals surface area contributed by atoms with Crippen LogP contribution in [-0.4, -0.2) is 17.0 Å². The van der Waals surface area contributed by atoms with Gasteiger partial charge in [0.2, 0.25) is 5.95 Å². The number of nitrogens with zero attached hydrogens (tertiary/aromatic N) is 2. The Labute approximate surface area is 74.2 Å². The number of nitrogen functional groups attached to an aromatic ring is 1. The number of hydrogen-bond acceptors (Lipinski definition) is 4. The second-order valence-corrected chi connectivity index (χ2v) is 2.74. The summed E-state index contributed by atoms with van der Waals surface area (Å²) in [6.45, 7) is 0. The van der Waals surface area contributed by atoms with Gasteiger partial charge in [-0.05, 0) is 6.08 Å². The minimum Gasteiger partial charge on any atom is -0.369 e. The number of aromatic nitrogens is 2. The van der Waals surface area contributed by atoms with Crippen LogP contribution in [0, 0.1) is 0 Å². The summed E-state index contributed by atoms with van der Waals surface area (Å²) < 4.78 is 0. The highest BCUT2D eigenvalue weighted by molar-refractivity contribution is 5.67. The van der Waals surface area contributed by atoms with Gasteiger partial charge in [-0.3, -0.25) is 9.78 Å². The molecule has 0 aliphatic carbocycles. The quantitative estimate of drug-likeness (QED) is 0.542. The van der Waals surface area contributed by atoms with Crippen molar-refractivity contribution in [3.05, 3.63) is 27.8 Å². The summed E-state index contributed by atoms with van der Waals surface area (Å²) in [5.74, 6) is 0.680. The van der Waals surface area contributed by atoms with Crippen molar-refractivity contribution in [1.82, 2.24) is 9.97 Å². The van der Waals surface area contributed by atoms with E-state index in [9.17, 15) is 4.79 Å². The molecule has 0 aromatic carbocycles. The lowest BCUT2D eigenvalue weighted by atomic mass is 10.2. The number of nitrogens with one attached hydrogen (secondary N) is 1. The van der Waals surface area contributed by atoms with E-state index in [1.54, 1.807) is 24.2 Å². The van der Waals surface area contributed by atoms with Crippen molar-refractivity contribution >= 4 is 17.8 Å². The van der Waals surface area contributed by atoms with Gasteiger partial charge in [0.25, 0.3) is 5.56 Å². The molecule has 0 saturated carbocycles. The Morgan fingerprint density at radius 3 is 3.23 bits per heavy atom. The van der Waals surface area contributed by atoms with E-state index in [1.807, 2.05) is 0 Å². The van der Waals surface area contributed by atoms with Crippen molar-refractivity contribution in [3.63, 3.8) is 0 Å². The summed E-state index contributed by atoms with van der Waals surface area (Å²) in [6.07, 6.45) is 3.27. The van der Waals surface area contributed by atoms with Gasteiger partial charge in [-0.1, -0.05) is 0 Å². The van der Waals surface area contributed by atoms with Crippen LogP contribution >= 0.6 is 0 Å². The molecule has 1 aromatic heterocycles. The summed E-state index contributed by atoms with van der Waals surface area (Å²) >= 11 is 0. The molecular formula is C8H8N4O. The first-order valence-electron chi connectivity index (χ1n) is 3.74. The summed E-state index contributed by atoms with van der Waals surface area (Å²) in [5.41, 5.74) is 8.47. The second kappa shape index (κ2) is 2.50. The fourth-order valence-corrected chi connectivity index (χ4v) is 1.18. The van der Waals surface area contributed by atoms with E-state index in [0.29, 0.717) is 11.4 Å². The van der Waals surface area contributed by atoms with Crippen LogP contribution in [0.2, 0.25) is 0 Å². The predicted molar refractivity (Wildman–Crippen MR) is 50.2 cm³/mol. The first-order valence-corrected chi connectivity index (χ1v) is 3.74. The molecule has 5 heteroatoms. The fourth-order valence-electron chi connectivity index (χ4n) is 1.18. The number of anilines is 2. The Kier molecular flexibility index (Phi) is 1.47. The van der Waals surface area contributed by atoms with Crippen LogP contribution < -0.4 is 16.2 Å². The lowest BCUT2D eigenvalue weighted by Crippen LogP contribution is -2.22. The number of H-pyrrole nitrogens is 1. The third-order valence-electron chi connectivity index (χ3n) is 1.78. The number of nitrogens with two attached hydrogens (primary N) is 1. The average Bonchev–Trinajstić information content (AvgIpc) is 2.07. The van der Waals surface area contributed by atoms with Gasteiger partial charge < -0.3 is 10.6 Å². The predicted octanol–water partition coefficient (Wildman–Crippen LogP) is -0.0723. The third kappa shape index (κ3) is 1.11. The van der Waals surface area contributed by atoms with E-state index in [4.69, 9.17) is 5.73 Å². The van der Waals surface area contributed by atoms with Crippen LogP contribution in [0.15, 0.2) is 16.7 Å². The Hall–Kier alpha value is -2.00. The standard InChI is InChI=1S/C8H8N4O/c1-12-4-2-3-5-6(12)10-8(9)11-7(5)13/h3-4H,1H3,(H3,9,10,11,13). The molecule has 0 saturated heterocycles. The van der Waals surface area contributed by atoms with Crippen LogP contribution in [0.25, 0.3) is 6.08 Å². The molecule has 2 heterocycles. The van der Waals surface area contributed by atoms with Gasteiger partial charge in [0.1, 0.15) is 5.82 Å². The van der Waals surface area contributed by atoms with Crippen LogP contribution in [0.5, 0.6) is 0 Å². The molecule has 0 bridgehead atoms. The number of aromatic amines is 1. The Morgan fingerprint density at radius 2 is 2.46 bits per heavy atom. The summed E-state index contributed by atoms with van der Waals surface area (Å²) in [6, 6.07) is 0. The minimum atomic E-state index is -0.241. The summed E-state index contributed by atoms with van der Waals surface area (Å²) in [7, 11) is 1.78. The fraction of sp³-hybridized carbons (Fsp3) is 0.125. The SMILES string of the molecule is CN1C=C=Cc2c1nc(N)[nH]c2=O. The monoisotopic (exact) mass is 176 g/mol. The van der Waals surface area contributed by atoms with Crippen molar-refractivity contribution in [3.8, 4) is 0 Å². The molecule has 3 N–H and O–H groups in total. The zero-order valence-corrected chi connectivity index (χ0v) is 7.03. The zero-order valence-electron chi connectivity index (χ0n) is 7.03. The van der Waals surface area contributed by atoms with Crippen LogP contribution in [0.1, 0.15) is 5.56 Å². The Morgan fingerprint density at radius 1 is 1.69 bits per heavy atom. The first-order chi connectivity index (χ1) is 6.18. The van der Waals surface area contributed by atoms with E-state index in [1.165, 1.54) is 0 Å². The Balaban J connectivity index is 2.79. The van der Waals surface area contributed by atoms with Crippen molar-refractivity contribution in [2.45, 2.75) is 0 Å². The molecule has 0 fully saturated rings. The molecule has 2 rings (SSSR count). The van der Waals surface area contributed by atoms with Crippen molar-refractivity contribution < 1.29 is 0 Å². The van der Waals surface area contributed by atoms with E-state index in [-0.39, 0.29) is 11.5 Å². The maximum atomic E-state index is 11.3. The highest BCUT2D eigenvalue weighted by Crippen LogP contribution is 2.17. The lowest BCUT2D eigenvalue weighted by Gasteiger charge is -2.16. The van der Waals surface area contributed by atoms with Crippen molar-refractivity contribution in [2.75, 3.05) is 17.7 Å². The van der Waals surface area contributed by atoms with Gasteiger partial charge in [0, 0.05) is 13.2 Å². The highest BCUT2D eigenvalue weighted by atomic mass is 16.1. The second-order valence-electron chi connectivity index (χ2n) is 2.74. The van der Waals surface area contributed by atoms with Crippen molar-refractivity contribution in [2.24, 2.45) is 0 Å². The van der Waals surface area contributed by atoms with Crippen LogP contribution in [0.4, 0.5) is 11.8 Å². The largest absolute Gasteiger partial charge is 0.369 e. The van der Waals surface area contributed by atoms with E-state index in [2.05, 4.69) is 15.7 Å². The first kappa shape index (κ1) is 7.64. The van der Waals surface area contributed by atoms with Crippen molar-refractivity contribution in [1.29, 1.82) is 0 Å². The summed E-state index contributed by atoms with van der Waals surface area (Å²) in [5, 5.41) is 0. The minimum absolute atomic E-state index is 0.124. The number of rotatable bonds is 0. The van der Waals surface area contributed by atoms with E-state index < -0.39 is 0 Å². The van der Waals surface area contributed by atoms with Gasteiger partial charge in [-0.2, -0.15) is 4.98 Å². The highest BCUT2D eigenvalue weighted by Gasteiger charge is 2.12.